The van der Waals surface area contributed by atoms with Crippen molar-refractivity contribution in [3.05, 3.63) is 48.2 Å². The van der Waals surface area contributed by atoms with Crippen molar-refractivity contribution in [1.82, 2.24) is 19.3 Å². The van der Waals surface area contributed by atoms with E-state index in [9.17, 15) is 4.79 Å². The molecule has 5 heteroatoms. The quantitative estimate of drug-likeness (QED) is 0.683. The summed E-state index contributed by atoms with van der Waals surface area (Å²) in [4.78, 5) is 15.4. The average Bonchev–Trinajstić information content (AvgIpc) is 3.06. The lowest BCUT2D eigenvalue weighted by Crippen LogP contribution is -2.11. The number of carbonyl (C=O) groups excluding carboxylic acids is 1. The Hall–Kier alpha value is -2.43. The second kappa shape index (κ2) is 4.92. The molecule has 3 aromatic rings. The third-order valence-corrected chi connectivity index (χ3v) is 3.42. The van der Waals surface area contributed by atoms with Crippen molar-refractivity contribution in [3.8, 4) is 0 Å². The van der Waals surface area contributed by atoms with Gasteiger partial charge in [0, 0.05) is 28.7 Å². The fraction of sp³-hybridized carbons (Fsp3) is 0.267. The van der Waals surface area contributed by atoms with E-state index >= 15 is 0 Å². The molecule has 0 spiro atoms. The van der Waals surface area contributed by atoms with Crippen molar-refractivity contribution < 1.29 is 4.79 Å². The fourth-order valence-corrected chi connectivity index (χ4v) is 2.46. The summed E-state index contributed by atoms with van der Waals surface area (Å²) in [6.07, 6.45) is 4.46. The highest BCUT2D eigenvalue weighted by molar-refractivity contribution is 5.97. The molecule has 1 aromatic carbocycles. The van der Waals surface area contributed by atoms with Gasteiger partial charge in [-0.05, 0) is 26.0 Å². The summed E-state index contributed by atoms with van der Waals surface area (Å²) in [6.45, 7) is 4.80. The van der Waals surface area contributed by atoms with Gasteiger partial charge in [-0.3, -0.25) is 4.79 Å². The van der Waals surface area contributed by atoms with Gasteiger partial charge >= 0.3 is 0 Å². The Morgan fingerprint density at radius 3 is 2.90 bits per heavy atom. The molecule has 20 heavy (non-hydrogen) atoms. The van der Waals surface area contributed by atoms with Crippen LogP contribution in [0.15, 0.2) is 36.8 Å². The van der Waals surface area contributed by atoms with Crippen molar-refractivity contribution in [3.63, 3.8) is 0 Å². The van der Waals surface area contributed by atoms with Gasteiger partial charge in [0.15, 0.2) is 6.29 Å². The van der Waals surface area contributed by atoms with Crippen LogP contribution in [-0.4, -0.2) is 25.6 Å². The van der Waals surface area contributed by atoms with E-state index in [0.717, 1.165) is 23.0 Å². The topological polar surface area (TPSA) is 52.7 Å². The molecule has 5 nitrogen and oxygen atoms in total. The van der Waals surface area contributed by atoms with Gasteiger partial charge in [0.25, 0.3) is 0 Å². The third-order valence-electron chi connectivity index (χ3n) is 3.42. The number of nitrogens with zero attached hydrogens (tertiary/aromatic N) is 4. The third kappa shape index (κ3) is 2.01. The maximum absolute atomic E-state index is 11.1. The van der Waals surface area contributed by atoms with Crippen LogP contribution < -0.4 is 0 Å². The van der Waals surface area contributed by atoms with Crippen molar-refractivity contribution in [1.29, 1.82) is 0 Å². The van der Waals surface area contributed by atoms with E-state index in [1.165, 1.54) is 0 Å². The van der Waals surface area contributed by atoms with E-state index in [4.69, 9.17) is 0 Å². The van der Waals surface area contributed by atoms with Gasteiger partial charge in [-0.2, -0.15) is 5.10 Å². The molecule has 0 bridgehead atoms. The van der Waals surface area contributed by atoms with Crippen molar-refractivity contribution >= 4 is 17.2 Å². The van der Waals surface area contributed by atoms with E-state index in [2.05, 4.69) is 28.5 Å². The molecule has 0 N–H and O–H groups in total. The van der Waals surface area contributed by atoms with E-state index in [1.54, 1.807) is 6.33 Å². The molecule has 0 aliphatic carbocycles. The number of aromatic nitrogens is 4. The minimum atomic E-state index is 0.278. The summed E-state index contributed by atoms with van der Waals surface area (Å²) in [5.74, 6) is 0.911. The van der Waals surface area contributed by atoms with E-state index < -0.39 is 0 Å². The Balaban J connectivity index is 2.03. The molecule has 0 saturated heterocycles. The van der Waals surface area contributed by atoms with Crippen molar-refractivity contribution in [2.45, 2.75) is 26.4 Å². The molecule has 2 heterocycles. The monoisotopic (exact) mass is 268 g/mol. The van der Waals surface area contributed by atoms with Crippen LogP contribution >= 0.6 is 0 Å². The lowest BCUT2D eigenvalue weighted by atomic mass is 10.1. The molecule has 0 saturated carbocycles. The van der Waals surface area contributed by atoms with Gasteiger partial charge in [-0.15, -0.1) is 0 Å². The number of aldehydes is 1. The van der Waals surface area contributed by atoms with Gasteiger partial charge in [-0.25, -0.2) is 9.67 Å². The molecule has 3 rings (SSSR count). The van der Waals surface area contributed by atoms with Gasteiger partial charge < -0.3 is 4.57 Å². The van der Waals surface area contributed by atoms with Crippen LogP contribution in [0.2, 0.25) is 0 Å². The Morgan fingerprint density at radius 1 is 1.30 bits per heavy atom. The van der Waals surface area contributed by atoms with Crippen LogP contribution in [-0.2, 0) is 6.54 Å². The lowest BCUT2D eigenvalue weighted by molar-refractivity contribution is 0.112. The molecule has 0 fully saturated rings. The van der Waals surface area contributed by atoms with Crippen LogP contribution in [0, 0.1) is 0 Å². The molecule has 102 valence electrons. The Labute approximate surface area is 116 Å². The highest BCUT2D eigenvalue weighted by atomic mass is 16.1. The average molecular weight is 268 g/mol. The number of hydrogen-bond donors (Lipinski definition) is 0. The Morgan fingerprint density at radius 2 is 2.15 bits per heavy atom. The summed E-state index contributed by atoms with van der Waals surface area (Å²) in [7, 11) is 0. The normalized spacial score (nSPS) is 11.3. The zero-order valence-corrected chi connectivity index (χ0v) is 11.5. The Kier molecular flexibility index (Phi) is 3.10. The molecule has 0 unspecified atom stereocenters. The van der Waals surface area contributed by atoms with Crippen LogP contribution in [0.25, 0.3) is 10.9 Å². The summed E-state index contributed by atoms with van der Waals surface area (Å²) in [6, 6.07) is 7.99. The fourth-order valence-electron chi connectivity index (χ4n) is 2.46. The highest BCUT2D eigenvalue weighted by Gasteiger charge is 2.10. The number of hydrogen-bond acceptors (Lipinski definition) is 3. The van der Waals surface area contributed by atoms with E-state index in [1.807, 2.05) is 35.1 Å². The van der Waals surface area contributed by atoms with Crippen LogP contribution in [0.5, 0.6) is 0 Å². The standard InChI is InChI=1S/C15H16N4O/c1-11(2)19-15(16-10-17-19)8-18-7-6-13-12(9-20)4-3-5-14(13)18/h3-7,9-11H,8H2,1-2H3. The number of carbonyl (C=O) groups is 1. The number of fused-ring (bicyclic) bond motifs is 1. The van der Waals surface area contributed by atoms with Gasteiger partial charge in [0.2, 0.25) is 0 Å². The maximum Gasteiger partial charge on any atom is 0.150 e. The van der Waals surface area contributed by atoms with Gasteiger partial charge in [0.1, 0.15) is 12.2 Å². The molecule has 0 atom stereocenters. The number of benzene rings is 1. The van der Waals surface area contributed by atoms with Crippen molar-refractivity contribution in [2.24, 2.45) is 0 Å². The second-order valence-corrected chi connectivity index (χ2v) is 5.06. The van der Waals surface area contributed by atoms with Gasteiger partial charge in [-0.1, -0.05) is 12.1 Å². The molecular weight excluding hydrogens is 252 g/mol. The zero-order valence-electron chi connectivity index (χ0n) is 11.5. The summed E-state index contributed by atoms with van der Waals surface area (Å²) < 4.78 is 4.00. The first-order chi connectivity index (χ1) is 9.70. The molecule has 0 amide bonds. The first-order valence-electron chi connectivity index (χ1n) is 6.62. The predicted molar refractivity (Wildman–Crippen MR) is 76.8 cm³/mol. The number of rotatable bonds is 4. The second-order valence-electron chi connectivity index (χ2n) is 5.06. The molecule has 2 aromatic heterocycles. The summed E-state index contributed by atoms with van der Waals surface area (Å²) in [5.41, 5.74) is 1.75. The highest BCUT2D eigenvalue weighted by Crippen LogP contribution is 2.20. The molecule has 0 radical (unpaired) electrons. The SMILES string of the molecule is CC(C)n1ncnc1Cn1ccc2c(C=O)cccc21. The summed E-state index contributed by atoms with van der Waals surface area (Å²) in [5, 5.41) is 5.22. The van der Waals surface area contributed by atoms with E-state index in [0.29, 0.717) is 12.1 Å². The van der Waals surface area contributed by atoms with Crippen LogP contribution in [0.3, 0.4) is 0 Å². The maximum atomic E-state index is 11.1. The first-order valence-corrected chi connectivity index (χ1v) is 6.62. The van der Waals surface area contributed by atoms with Crippen LogP contribution in [0.4, 0.5) is 0 Å². The van der Waals surface area contributed by atoms with Crippen LogP contribution in [0.1, 0.15) is 36.1 Å². The minimum Gasteiger partial charge on any atom is -0.340 e. The van der Waals surface area contributed by atoms with Crippen molar-refractivity contribution in [2.75, 3.05) is 0 Å². The Bertz CT molecular complexity index is 754. The summed E-state index contributed by atoms with van der Waals surface area (Å²) >= 11 is 0. The zero-order chi connectivity index (χ0) is 14.1. The lowest BCUT2D eigenvalue weighted by Gasteiger charge is -2.10. The minimum absolute atomic E-state index is 0.278. The molecular formula is C15H16N4O. The molecule has 0 aliphatic rings. The molecule has 0 aliphatic heterocycles. The first kappa shape index (κ1) is 12.6. The largest absolute Gasteiger partial charge is 0.340 e. The predicted octanol–water partition coefficient (Wildman–Crippen LogP) is 2.67. The van der Waals surface area contributed by atoms with E-state index in [-0.39, 0.29) is 6.04 Å². The van der Waals surface area contributed by atoms with Gasteiger partial charge in [0.05, 0.1) is 6.54 Å². The smallest absolute Gasteiger partial charge is 0.150 e.